The van der Waals surface area contributed by atoms with E-state index in [2.05, 4.69) is 22.2 Å². The quantitative estimate of drug-likeness (QED) is 0.820. The lowest BCUT2D eigenvalue weighted by Gasteiger charge is -2.40. The molecular formula is C16H29N3. The number of piperidine rings is 2. The summed E-state index contributed by atoms with van der Waals surface area (Å²) in [5, 5.41) is 4.07. The maximum absolute atomic E-state index is 4.07. The predicted molar refractivity (Wildman–Crippen MR) is 78.3 cm³/mol. The normalized spacial score (nSPS) is 47.5. The summed E-state index contributed by atoms with van der Waals surface area (Å²) in [6.07, 6.45) is 11.4. The molecule has 0 radical (unpaired) electrons. The van der Waals surface area contributed by atoms with Crippen molar-refractivity contribution in [3.05, 3.63) is 0 Å². The fourth-order valence-electron chi connectivity index (χ4n) is 5.29. The number of hydrogen-bond acceptors (Lipinski definition) is 3. The number of fused-ring (bicyclic) bond motifs is 3. The molecule has 108 valence electrons. The molecule has 4 saturated heterocycles. The van der Waals surface area contributed by atoms with Crippen molar-refractivity contribution >= 4 is 0 Å². The van der Waals surface area contributed by atoms with Gasteiger partial charge < -0.3 is 10.2 Å². The van der Waals surface area contributed by atoms with Crippen molar-refractivity contribution in [1.82, 2.24) is 15.1 Å². The van der Waals surface area contributed by atoms with Crippen molar-refractivity contribution in [2.45, 2.75) is 81.6 Å². The molecule has 0 aromatic carbocycles. The van der Waals surface area contributed by atoms with E-state index in [-0.39, 0.29) is 0 Å². The Labute approximate surface area is 117 Å². The number of hydrogen-bond donors (Lipinski definition) is 1. The van der Waals surface area contributed by atoms with Crippen LogP contribution in [0.3, 0.4) is 0 Å². The van der Waals surface area contributed by atoms with Gasteiger partial charge in [0.2, 0.25) is 0 Å². The highest BCUT2D eigenvalue weighted by molar-refractivity contribution is 5.00. The summed E-state index contributed by atoms with van der Waals surface area (Å²) >= 11 is 0. The largest absolute Gasteiger partial charge is 0.310 e. The minimum Gasteiger partial charge on any atom is -0.310 e. The monoisotopic (exact) mass is 263 g/mol. The Morgan fingerprint density at radius 1 is 0.895 bits per heavy atom. The second-order valence-electron chi connectivity index (χ2n) is 7.38. The van der Waals surface area contributed by atoms with Gasteiger partial charge in [0.05, 0.1) is 0 Å². The van der Waals surface area contributed by atoms with Crippen LogP contribution in [0.2, 0.25) is 0 Å². The SMILES string of the molecule is CN1C2CCC1CC(NC1CCN3CCCCC13)C2. The van der Waals surface area contributed by atoms with Gasteiger partial charge in [-0.05, 0) is 58.5 Å². The highest BCUT2D eigenvalue weighted by Gasteiger charge is 2.41. The molecule has 0 saturated carbocycles. The summed E-state index contributed by atoms with van der Waals surface area (Å²) in [6, 6.07) is 4.22. The molecule has 4 unspecified atom stereocenters. The van der Waals surface area contributed by atoms with Crippen LogP contribution in [0.15, 0.2) is 0 Å². The minimum atomic E-state index is 0.799. The minimum absolute atomic E-state index is 0.799. The zero-order valence-electron chi connectivity index (χ0n) is 12.4. The Morgan fingerprint density at radius 2 is 1.68 bits per heavy atom. The Bertz CT molecular complexity index is 318. The van der Waals surface area contributed by atoms with Crippen molar-refractivity contribution < 1.29 is 0 Å². The van der Waals surface area contributed by atoms with Crippen LogP contribution in [-0.4, -0.2) is 60.1 Å². The van der Waals surface area contributed by atoms with E-state index < -0.39 is 0 Å². The third kappa shape index (κ3) is 2.24. The number of nitrogens with zero attached hydrogens (tertiary/aromatic N) is 2. The molecule has 4 atom stereocenters. The molecule has 0 spiro atoms. The van der Waals surface area contributed by atoms with Crippen LogP contribution in [0.1, 0.15) is 51.4 Å². The molecule has 0 amide bonds. The zero-order valence-corrected chi connectivity index (χ0v) is 12.4. The van der Waals surface area contributed by atoms with Crippen molar-refractivity contribution in [3.8, 4) is 0 Å². The molecule has 4 aliphatic heterocycles. The predicted octanol–water partition coefficient (Wildman–Crippen LogP) is 1.83. The van der Waals surface area contributed by atoms with Crippen LogP contribution in [0.5, 0.6) is 0 Å². The molecule has 4 rings (SSSR count). The molecule has 19 heavy (non-hydrogen) atoms. The van der Waals surface area contributed by atoms with Gasteiger partial charge in [-0.3, -0.25) is 4.90 Å². The second kappa shape index (κ2) is 5.01. The molecule has 3 nitrogen and oxygen atoms in total. The van der Waals surface area contributed by atoms with Gasteiger partial charge in [-0.1, -0.05) is 6.42 Å². The van der Waals surface area contributed by atoms with Crippen LogP contribution >= 0.6 is 0 Å². The molecule has 2 bridgehead atoms. The summed E-state index contributed by atoms with van der Waals surface area (Å²) in [6.45, 7) is 2.71. The van der Waals surface area contributed by atoms with Crippen LogP contribution in [0.4, 0.5) is 0 Å². The third-order valence-electron chi connectivity index (χ3n) is 6.40. The van der Waals surface area contributed by atoms with E-state index in [1.807, 2.05) is 0 Å². The fourth-order valence-corrected chi connectivity index (χ4v) is 5.29. The van der Waals surface area contributed by atoms with Gasteiger partial charge in [-0.25, -0.2) is 0 Å². The van der Waals surface area contributed by atoms with Crippen LogP contribution < -0.4 is 5.32 Å². The summed E-state index contributed by atoms with van der Waals surface area (Å²) in [4.78, 5) is 5.41. The second-order valence-corrected chi connectivity index (χ2v) is 7.38. The van der Waals surface area contributed by atoms with Crippen molar-refractivity contribution in [1.29, 1.82) is 0 Å². The molecule has 4 fully saturated rings. The van der Waals surface area contributed by atoms with Crippen LogP contribution in [0.25, 0.3) is 0 Å². The lowest BCUT2D eigenvalue weighted by atomic mass is 9.94. The van der Waals surface area contributed by atoms with Gasteiger partial charge in [0.1, 0.15) is 0 Å². The Morgan fingerprint density at radius 3 is 2.47 bits per heavy atom. The van der Waals surface area contributed by atoms with E-state index in [0.29, 0.717) is 0 Å². The number of rotatable bonds is 2. The first-order chi connectivity index (χ1) is 9.31. The average molecular weight is 263 g/mol. The van der Waals surface area contributed by atoms with E-state index in [9.17, 15) is 0 Å². The first kappa shape index (κ1) is 12.6. The Balaban J connectivity index is 1.37. The smallest absolute Gasteiger partial charge is 0.0249 e. The molecule has 0 aromatic heterocycles. The molecular weight excluding hydrogens is 234 g/mol. The maximum Gasteiger partial charge on any atom is 0.0249 e. The van der Waals surface area contributed by atoms with E-state index in [1.165, 1.54) is 64.5 Å². The lowest BCUT2D eigenvalue weighted by molar-refractivity contribution is 0.129. The first-order valence-electron chi connectivity index (χ1n) is 8.53. The third-order valence-corrected chi connectivity index (χ3v) is 6.40. The van der Waals surface area contributed by atoms with Gasteiger partial charge in [-0.2, -0.15) is 0 Å². The summed E-state index contributed by atoms with van der Waals surface area (Å²) in [5.41, 5.74) is 0. The molecule has 3 heteroatoms. The summed E-state index contributed by atoms with van der Waals surface area (Å²) < 4.78 is 0. The first-order valence-corrected chi connectivity index (χ1v) is 8.53. The standard InChI is InChI=1S/C16H29N3/c1-18-13-5-6-14(18)11-12(10-13)17-15-7-9-19-8-3-2-4-16(15)19/h12-17H,2-11H2,1H3. The van der Waals surface area contributed by atoms with Crippen molar-refractivity contribution in [2.75, 3.05) is 20.1 Å². The van der Waals surface area contributed by atoms with Gasteiger partial charge >= 0.3 is 0 Å². The van der Waals surface area contributed by atoms with Gasteiger partial charge in [0.15, 0.2) is 0 Å². The highest BCUT2D eigenvalue weighted by atomic mass is 15.2. The molecule has 4 heterocycles. The van der Waals surface area contributed by atoms with Gasteiger partial charge in [0, 0.05) is 36.8 Å². The van der Waals surface area contributed by atoms with Crippen molar-refractivity contribution in [2.24, 2.45) is 0 Å². The van der Waals surface area contributed by atoms with E-state index in [1.54, 1.807) is 0 Å². The highest BCUT2D eigenvalue weighted by Crippen LogP contribution is 2.35. The summed E-state index contributed by atoms with van der Waals surface area (Å²) in [5.74, 6) is 0. The van der Waals surface area contributed by atoms with Crippen LogP contribution in [0, 0.1) is 0 Å². The molecule has 1 N–H and O–H groups in total. The van der Waals surface area contributed by atoms with Gasteiger partial charge in [0.25, 0.3) is 0 Å². The fraction of sp³-hybridized carbons (Fsp3) is 1.00. The van der Waals surface area contributed by atoms with Gasteiger partial charge in [-0.15, -0.1) is 0 Å². The molecule has 4 aliphatic rings. The van der Waals surface area contributed by atoms with E-state index >= 15 is 0 Å². The molecule has 0 aliphatic carbocycles. The topological polar surface area (TPSA) is 18.5 Å². The van der Waals surface area contributed by atoms with E-state index in [0.717, 1.165) is 30.2 Å². The lowest BCUT2D eigenvalue weighted by Crippen LogP contribution is -2.53. The zero-order chi connectivity index (χ0) is 12.8. The number of nitrogens with one attached hydrogen (secondary N) is 1. The molecule has 0 aromatic rings. The maximum atomic E-state index is 4.07. The van der Waals surface area contributed by atoms with E-state index in [4.69, 9.17) is 0 Å². The Hall–Kier alpha value is -0.120. The average Bonchev–Trinajstić information content (AvgIpc) is 2.89. The Kier molecular flexibility index (Phi) is 3.33. The van der Waals surface area contributed by atoms with Crippen LogP contribution in [-0.2, 0) is 0 Å². The van der Waals surface area contributed by atoms with Crippen molar-refractivity contribution in [3.63, 3.8) is 0 Å². The summed E-state index contributed by atoms with van der Waals surface area (Å²) in [7, 11) is 2.34.